The Morgan fingerprint density at radius 2 is 2.00 bits per heavy atom. The SMILES string of the molecule is NC(CSc1ccc(Cl)cn1)c1cccc(C(F)(F)F)c1. The van der Waals surface area contributed by atoms with Crippen LogP contribution in [-0.4, -0.2) is 10.7 Å². The number of nitrogens with two attached hydrogens (primary N) is 1. The summed E-state index contributed by atoms with van der Waals surface area (Å²) in [6.45, 7) is 0. The lowest BCUT2D eigenvalue weighted by Gasteiger charge is -2.14. The maximum Gasteiger partial charge on any atom is 0.416 e. The smallest absolute Gasteiger partial charge is 0.323 e. The van der Waals surface area contributed by atoms with Crippen molar-refractivity contribution in [3.63, 3.8) is 0 Å². The molecule has 2 rings (SSSR count). The summed E-state index contributed by atoms with van der Waals surface area (Å²) in [4.78, 5) is 4.10. The summed E-state index contributed by atoms with van der Waals surface area (Å²) in [5.41, 5.74) is 5.70. The summed E-state index contributed by atoms with van der Waals surface area (Å²) in [6.07, 6.45) is -2.85. The van der Waals surface area contributed by atoms with E-state index in [1.807, 2.05) is 0 Å². The van der Waals surface area contributed by atoms with Crippen molar-refractivity contribution in [2.75, 3.05) is 5.75 Å². The van der Waals surface area contributed by atoms with E-state index < -0.39 is 17.8 Å². The monoisotopic (exact) mass is 332 g/mol. The van der Waals surface area contributed by atoms with Gasteiger partial charge in [0.05, 0.1) is 15.6 Å². The first kappa shape index (κ1) is 16.1. The van der Waals surface area contributed by atoms with Crippen LogP contribution < -0.4 is 5.73 Å². The van der Waals surface area contributed by atoms with Gasteiger partial charge in [0, 0.05) is 18.0 Å². The number of thioether (sulfide) groups is 1. The number of nitrogens with zero attached hydrogens (tertiary/aromatic N) is 1. The van der Waals surface area contributed by atoms with Crippen molar-refractivity contribution in [1.82, 2.24) is 4.98 Å². The third kappa shape index (κ3) is 4.62. The third-order valence-corrected chi connectivity index (χ3v) is 4.04. The second-order valence-corrected chi connectivity index (χ2v) is 5.83. The van der Waals surface area contributed by atoms with Gasteiger partial charge < -0.3 is 5.73 Å². The van der Waals surface area contributed by atoms with Crippen molar-refractivity contribution in [2.45, 2.75) is 17.2 Å². The highest BCUT2D eigenvalue weighted by Crippen LogP contribution is 2.31. The van der Waals surface area contributed by atoms with E-state index in [9.17, 15) is 13.2 Å². The van der Waals surface area contributed by atoms with Crippen molar-refractivity contribution in [3.05, 3.63) is 58.7 Å². The molecule has 0 amide bonds. The molecule has 112 valence electrons. The fourth-order valence-corrected chi connectivity index (χ4v) is 2.61. The predicted octanol–water partition coefficient (Wildman–Crippen LogP) is 4.55. The maximum atomic E-state index is 12.7. The molecule has 2 nitrogen and oxygen atoms in total. The highest BCUT2D eigenvalue weighted by atomic mass is 35.5. The summed E-state index contributed by atoms with van der Waals surface area (Å²) >= 11 is 7.10. The Morgan fingerprint density at radius 1 is 1.24 bits per heavy atom. The van der Waals surface area contributed by atoms with E-state index in [0.717, 1.165) is 17.2 Å². The van der Waals surface area contributed by atoms with Crippen LogP contribution in [-0.2, 0) is 6.18 Å². The zero-order valence-corrected chi connectivity index (χ0v) is 12.3. The standard InChI is InChI=1S/C14H12ClF3N2S/c15-11-4-5-13(20-7-11)21-8-12(19)9-2-1-3-10(6-9)14(16,17)18/h1-7,12H,8,19H2. The molecule has 0 aliphatic carbocycles. The van der Waals surface area contributed by atoms with Crippen molar-refractivity contribution in [1.29, 1.82) is 0 Å². The molecule has 1 heterocycles. The van der Waals surface area contributed by atoms with Crippen molar-refractivity contribution < 1.29 is 13.2 Å². The summed E-state index contributed by atoms with van der Waals surface area (Å²) in [7, 11) is 0. The van der Waals surface area contributed by atoms with Crippen molar-refractivity contribution >= 4 is 23.4 Å². The molecule has 0 aliphatic rings. The Labute approximate surface area is 129 Å². The molecule has 0 saturated heterocycles. The lowest BCUT2D eigenvalue weighted by atomic mass is 10.1. The van der Waals surface area contributed by atoms with Gasteiger partial charge in [0.25, 0.3) is 0 Å². The molecular weight excluding hydrogens is 321 g/mol. The van der Waals surface area contributed by atoms with Gasteiger partial charge in [0.1, 0.15) is 0 Å². The van der Waals surface area contributed by atoms with E-state index in [1.165, 1.54) is 24.0 Å². The molecule has 1 aromatic carbocycles. The Balaban J connectivity index is 2.03. The van der Waals surface area contributed by atoms with E-state index in [0.29, 0.717) is 16.3 Å². The van der Waals surface area contributed by atoms with Crippen LogP contribution in [0.15, 0.2) is 47.6 Å². The van der Waals surface area contributed by atoms with E-state index >= 15 is 0 Å². The number of halogens is 4. The summed E-state index contributed by atoms with van der Waals surface area (Å²) in [5, 5.41) is 1.25. The molecule has 1 atom stereocenters. The first-order chi connectivity index (χ1) is 9.86. The van der Waals surface area contributed by atoms with E-state index in [2.05, 4.69) is 4.98 Å². The minimum Gasteiger partial charge on any atom is -0.323 e. The number of hydrogen-bond acceptors (Lipinski definition) is 3. The molecule has 0 spiro atoms. The number of pyridine rings is 1. The van der Waals surface area contributed by atoms with Crippen LogP contribution in [0.3, 0.4) is 0 Å². The molecule has 0 bridgehead atoms. The number of benzene rings is 1. The lowest BCUT2D eigenvalue weighted by Crippen LogP contribution is -2.14. The Kier molecular flexibility index (Phi) is 5.13. The van der Waals surface area contributed by atoms with Crippen LogP contribution in [0.4, 0.5) is 13.2 Å². The number of hydrogen-bond donors (Lipinski definition) is 1. The lowest BCUT2D eigenvalue weighted by molar-refractivity contribution is -0.137. The molecule has 0 radical (unpaired) electrons. The van der Waals surface area contributed by atoms with Gasteiger partial charge in [-0.3, -0.25) is 0 Å². The van der Waals surface area contributed by atoms with Gasteiger partial charge in [0.2, 0.25) is 0 Å². The predicted molar refractivity (Wildman–Crippen MR) is 78.3 cm³/mol. The second kappa shape index (κ2) is 6.68. The average Bonchev–Trinajstić information content (AvgIpc) is 2.45. The van der Waals surface area contributed by atoms with Gasteiger partial charge in [-0.1, -0.05) is 23.7 Å². The van der Waals surface area contributed by atoms with Gasteiger partial charge in [-0.25, -0.2) is 4.98 Å². The maximum absolute atomic E-state index is 12.7. The van der Waals surface area contributed by atoms with Crippen LogP contribution in [0.2, 0.25) is 5.02 Å². The highest BCUT2D eigenvalue weighted by Gasteiger charge is 2.30. The average molecular weight is 333 g/mol. The molecule has 2 N–H and O–H groups in total. The van der Waals surface area contributed by atoms with Crippen LogP contribution >= 0.6 is 23.4 Å². The Morgan fingerprint density at radius 3 is 2.62 bits per heavy atom. The first-order valence-electron chi connectivity index (χ1n) is 6.03. The number of alkyl halides is 3. The fourth-order valence-electron chi connectivity index (χ4n) is 1.66. The number of aromatic nitrogens is 1. The van der Waals surface area contributed by atoms with Crippen LogP contribution in [0.25, 0.3) is 0 Å². The molecule has 2 aromatic rings. The van der Waals surface area contributed by atoms with Crippen LogP contribution in [0, 0.1) is 0 Å². The summed E-state index contributed by atoms with van der Waals surface area (Å²) in [6, 6.07) is 8.01. The Bertz CT molecular complexity index is 602. The summed E-state index contributed by atoms with van der Waals surface area (Å²) < 4.78 is 38.0. The van der Waals surface area contributed by atoms with Gasteiger partial charge in [0.15, 0.2) is 0 Å². The Hall–Kier alpha value is -1.24. The molecule has 0 saturated carbocycles. The highest BCUT2D eigenvalue weighted by molar-refractivity contribution is 7.99. The minimum absolute atomic E-state index is 0.427. The molecule has 0 aliphatic heterocycles. The molecule has 21 heavy (non-hydrogen) atoms. The van der Waals surface area contributed by atoms with Crippen LogP contribution in [0.5, 0.6) is 0 Å². The van der Waals surface area contributed by atoms with Gasteiger partial charge >= 0.3 is 6.18 Å². The third-order valence-electron chi connectivity index (χ3n) is 2.75. The largest absolute Gasteiger partial charge is 0.416 e. The molecule has 1 aromatic heterocycles. The summed E-state index contributed by atoms with van der Waals surface area (Å²) in [5.74, 6) is 0.427. The fraction of sp³-hybridized carbons (Fsp3) is 0.214. The topological polar surface area (TPSA) is 38.9 Å². The first-order valence-corrected chi connectivity index (χ1v) is 7.40. The molecule has 1 unspecified atom stereocenters. The van der Waals surface area contributed by atoms with Crippen LogP contribution in [0.1, 0.15) is 17.2 Å². The van der Waals surface area contributed by atoms with Crippen molar-refractivity contribution in [2.24, 2.45) is 5.73 Å². The minimum atomic E-state index is -4.36. The van der Waals surface area contributed by atoms with E-state index in [4.69, 9.17) is 17.3 Å². The molecule has 7 heteroatoms. The normalized spacial score (nSPS) is 13.2. The van der Waals surface area contributed by atoms with E-state index in [-0.39, 0.29) is 0 Å². The molecule has 0 fully saturated rings. The van der Waals surface area contributed by atoms with Gasteiger partial charge in [-0.15, -0.1) is 11.8 Å². The zero-order valence-electron chi connectivity index (χ0n) is 10.8. The van der Waals surface area contributed by atoms with Gasteiger partial charge in [-0.05, 0) is 29.8 Å². The molecular formula is C14H12ClF3N2S. The van der Waals surface area contributed by atoms with Crippen molar-refractivity contribution in [3.8, 4) is 0 Å². The second-order valence-electron chi connectivity index (χ2n) is 4.36. The zero-order chi connectivity index (χ0) is 15.5. The van der Waals surface area contributed by atoms with Gasteiger partial charge in [-0.2, -0.15) is 13.2 Å². The quantitative estimate of drug-likeness (QED) is 0.835. The number of rotatable bonds is 4. The van der Waals surface area contributed by atoms with E-state index in [1.54, 1.807) is 18.2 Å².